The van der Waals surface area contributed by atoms with Crippen LogP contribution in [0.2, 0.25) is 0 Å². The van der Waals surface area contributed by atoms with E-state index in [-0.39, 0.29) is 29.9 Å². The highest BCUT2D eigenvalue weighted by Crippen LogP contribution is 2.22. The lowest BCUT2D eigenvalue weighted by molar-refractivity contribution is -0.133. The van der Waals surface area contributed by atoms with Crippen molar-refractivity contribution in [1.82, 2.24) is 24.5 Å². The Labute approximate surface area is 175 Å². The maximum Gasteiger partial charge on any atom is 0.223 e. The quantitative estimate of drug-likeness (QED) is 0.596. The van der Waals surface area contributed by atoms with E-state index in [1.54, 1.807) is 28.0 Å². The van der Waals surface area contributed by atoms with Crippen LogP contribution in [-0.2, 0) is 27.6 Å². The van der Waals surface area contributed by atoms with Gasteiger partial charge in [-0.15, -0.1) is 0 Å². The molecule has 0 radical (unpaired) electrons. The summed E-state index contributed by atoms with van der Waals surface area (Å²) < 4.78 is 25.8. The predicted molar refractivity (Wildman–Crippen MR) is 113 cm³/mol. The molecular formula is C21H25N5O3S. The lowest BCUT2D eigenvalue weighted by Gasteiger charge is -2.28. The van der Waals surface area contributed by atoms with E-state index in [1.807, 2.05) is 32.0 Å². The molecule has 4 rings (SSSR count). The standard InChI is InChI=1S/C21H25N5O3S/c1-15-19(16(2)26-20(24-15)7-10-23-26)5-6-21(27)25(13-17-4-3-9-22-12-17)18-8-11-30(28,29)14-18/h3-4,7,9-10,12,18H,5-6,8,11,13-14H2,1-2H3. The monoisotopic (exact) mass is 427 g/mol. The molecule has 3 aromatic heterocycles. The van der Waals surface area contributed by atoms with Crippen LogP contribution in [0.15, 0.2) is 36.8 Å². The highest BCUT2D eigenvalue weighted by molar-refractivity contribution is 7.91. The molecule has 0 spiro atoms. The summed E-state index contributed by atoms with van der Waals surface area (Å²) in [6, 6.07) is 5.28. The second-order valence-corrected chi connectivity index (χ2v) is 10.0. The number of fused-ring (bicyclic) bond motifs is 1. The Balaban J connectivity index is 1.54. The van der Waals surface area contributed by atoms with E-state index in [1.165, 1.54) is 0 Å². The molecule has 158 valence electrons. The summed E-state index contributed by atoms with van der Waals surface area (Å²) in [5, 5.41) is 4.30. The number of hydrogen-bond acceptors (Lipinski definition) is 6. The van der Waals surface area contributed by atoms with Crippen LogP contribution in [0.4, 0.5) is 0 Å². The Kier molecular flexibility index (Phi) is 5.55. The average Bonchev–Trinajstić information content (AvgIpc) is 3.32. The molecule has 0 aliphatic carbocycles. The number of aryl methyl sites for hydroxylation is 2. The van der Waals surface area contributed by atoms with Gasteiger partial charge < -0.3 is 4.90 Å². The van der Waals surface area contributed by atoms with E-state index in [4.69, 9.17) is 0 Å². The van der Waals surface area contributed by atoms with Crippen LogP contribution in [0, 0.1) is 13.8 Å². The highest BCUT2D eigenvalue weighted by atomic mass is 32.2. The van der Waals surface area contributed by atoms with Crippen LogP contribution in [-0.4, -0.2) is 56.4 Å². The fourth-order valence-corrected chi connectivity index (χ4v) is 5.87. The zero-order valence-corrected chi connectivity index (χ0v) is 18.0. The molecule has 9 heteroatoms. The number of rotatable bonds is 6. The summed E-state index contributed by atoms with van der Waals surface area (Å²) in [5.74, 6) is 0.102. The van der Waals surface area contributed by atoms with Crippen molar-refractivity contribution in [1.29, 1.82) is 0 Å². The summed E-state index contributed by atoms with van der Waals surface area (Å²) in [5.41, 5.74) is 4.53. The van der Waals surface area contributed by atoms with E-state index in [0.29, 0.717) is 19.4 Å². The Hall–Kier alpha value is -2.81. The molecule has 1 atom stereocenters. The van der Waals surface area contributed by atoms with Crippen molar-refractivity contribution in [3.8, 4) is 0 Å². The minimum atomic E-state index is -3.10. The first-order chi connectivity index (χ1) is 14.3. The molecule has 30 heavy (non-hydrogen) atoms. The van der Waals surface area contributed by atoms with Gasteiger partial charge in [0.05, 0.1) is 17.7 Å². The molecule has 0 saturated carbocycles. The van der Waals surface area contributed by atoms with Crippen LogP contribution in [0.1, 0.15) is 35.4 Å². The summed E-state index contributed by atoms with van der Waals surface area (Å²) in [6.45, 7) is 4.28. The van der Waals surface area contributed by atoms with Gasteiger partial charge >= 0.3 is 0 Å². The van der Waals surface area contributed by atoms with Gasteiger partial charge in [-0.3, -0.25) is 9.78 Å². The zero-order chi connectivity index (χ0) is 21.3. The SMILES string of the molecule is Cc1nc2ccnn2c(C)c1CCC(=O)N(Cc1cccnc1)C1CCS(=O)(=O)C1. The van der Waals surface area contributed by atoms with Crippen LogP contribution < -0.4 is 0 Å². The third-order valence-electron chi connectivity index (χ3n) is 5.73. The predicted octanol–water partition coefficient (Wildman–Crippen LogP) is 1.89. The Morgan fingerprint density at radius 2 is 2.10 bits per heavy atom. The molecule has 1 unspecified atom stereocenters. The summed E-state index contributed by atoms with van der Waals surface area (Å²) >= 11 is 0. The topological polar surface area (TPSA) is 97.5 Å². The summed E-state index contributed by atoms with van der Waals surface area (Å²) in [4.78, 5) is 23.6. The third-order valence-corrected chi connectivity index (χ3v) is 7.48. The Bertz CT molecular complexity index is 1170. The Morgan fingerprint density at radius 3 is 2.80 bits per heavy atom. The van der Waals surface area contributed by atoms with Crippen molar-refractivity contribution in [2.24, 2.45) is 0 Å². The molecule has 8 nitrogen and oxygen atoms in total. The molecule has 0 aromatic carbocycles. The van der Waals surface area contributed by atoms with E-state index >= 15 is 0 Å². The van der Waals surface area contributed by atoms with Crippen molar-refractivity contribution >= 4 is 21.4 Å². The first-order valence-corrected chi connectivity index (χ1v) is 11.8. The van der Waals surface area contributed by atoms with Gasteiger partial charge in [0.2, 0.25) is 5.91 Å². The maximum atomic E-state index is 13.2. The largest absolute Gasteiger partial charge is 0.334 e. The Morgan fingerprint density at radius 1 is 1.27 bits per heavy atom. The minimum Gasteiger partial charge on any atom is -0.334 e. The average molecular weight is 428 g/mol. The number of pyridine rings is 1. The third kappa shape index (κ3) is 4.21. The van der Waals surface area contributed by atoms with E-state index in [9.17, 15) is 13.2 Å². The summed E-state index contributed by atoms with van der Waals surface area (Å²) in [7, 11) is -3.10. The van der Waals surface area contributed by atoms with E-state index < -0.39 is 9.84 Å². The first kappa shape index (κ1) is 20.5. The molecule has 1 aliphatic heterocycles. The van der Waals surface area contributed by atoms with Crippen molar-refractivity contribution in [3.05, 3.63) is 59.3 Å². The van der Waals surface area contributed by atoms with Gasteiger partial charge in [0.15, 0.2) is 15.5 Å². The van der Waals surface area contributed by atoms with Crippen molar-refractivity contribution in [2.75, 3.05) is 11.5 Å². The van der Waals surface area contributed by atoms with Gasteiger partial charge in [-0.25, -0.2) is 17.9 Å². The van der Waals surface area contributed by atoms with Gasteiger partial charge in [-0.2, -0.15) is 5.10 Å². The van der Waals surface area contributed by atoms with Crippen LogP contribution in [0.25, 0.3) is 5.65 Å². The van der Waals surface area contributed by atoms with E-state index in [2.05, 4.69) is 15.1 Å². The summed E-state index contributed by atoms with van der Waals surface area (Å²) in [6.07, 6.45) is 6.40. The van der Waals surface area contributed by atoms with Crippen LogP contribution in [0.5, 0.6) is 0 Å². The van der Waals surface area contributed by atoms with Crippen molar-refractivity contribution < 1.29 is 13.2 Å². The number of carbonyl (C=O) groups is 1. The fourth-order valence-electron chi connectivity index (χ4n) is 4.14. The van der Waals surface area contributed by atoms with Crippen LogP contribution >= 0.6 is 0 Å². The number of hydrogen-bond donors (Lipinski definition) is 0. The highest BCUT2D eigenvalue weighted by Gasteiger charge is 2.34. The normalized spacial score (nSPS) is 18.0. The lowest BCUT2D eigenvalue weighted by Crippen LogP contribution is -2.40. The van der Waals surface area contributed by atoms with Crippen LogP contribution in [0.3, 0.4) is 0 Å². The number of carbonyl (C=O) groups excluding carboxylic acids is 1. The smallest absolute Gasteiger partial charge is 0.223 e. The molecule has 4 heterocycles. The number of sulfone groups is 1. The van der Waals surface area contributed by atoms with Crippen molar-refractivity contribution in [3.63, 3.8) is 0 Å². The van der Waals surface area contributed by atoms with Gasteiger partial charge in [0.25, 0.3) is 0 Å². The molecule has 0 N–H and O–H groups in total. The zero-order valence-electron chi connectivity index (χ0n) is 17.2. The minimum absolute atomic E-state index is 0.0257. The van der Waals surface area contributed by atoms with Gasteiger partial charge in [-0.05, 0) is 43.9 Å². The molecule has 3 aromatic rings. The number of aromatic nitrogens is 4. The second kappa shape index (κ2) is 8.14. The molecule has 1 aliphatic rings. The van der Waals surface area contributed by atoms with E-state index in [0.717, 1.165) is 28.2 Å². The lowest BCUT2D eigenvalue weighted by atomic mass is 10.0. The maximum absolute atomic E-state index is 13.2. The van der Waals surface area contributed by atoms with Gasteiger partial charge in [-0.1, -0.05) is 6.07 Å². The molecular weight excluding hydrogens is 402 g/mol. The fraction of sp³-hybridized carbons (Fsp3) is 0.429. The second-order valence-electron chi connectivity index (χ2n) is 7.80. The van der Waals surface area contributed by atoms with Crippen molar-refractivity contribution in [2.45, 2.75) is 45.7 Å². The van der Waals surface area contributed by atoms with Gasteiger partial charge in [0.1, 0.15) is 0 Å². The molecule has 1 saturated heterocycles. The molecule has 1 fully saturated rings. The first-order valence-electron chi connectivity index (χ1n) is 10.0. The number of amides is 1. The molecule has 0 bridgehead atoms. The van der Waals surface area contributed by atoms with Gasteiger partial charge in [0, 0.05) is 48.9 Å². The molecule has 1 amide bonds. The number of nitrogens with zero attached hydrogens (tertiary/aromatic N) is 5.